The fourth-order valence-electron chi connectivity index (χ4n) is 3.09. The molecule has 1 aliphatic rings. The standard InChI is InChI=1S/C24H28N4O4/c1-5-32-22(30)19-15-20(28(27-19)18-12-7-6-8-13-18)21(29)25-16-10-9-11-17(14-16)26-23(31)24(2,3)4/h6-14,20H,5,15H2,1-4H3,(H,25,29)(H,26,31). The monoisotopic (exact) mass is 436 g/mol. The van der Waals surface area contributed by atoms with Gasteiger partial charge in [0.2, 0.25) is 11.8 Å². The number of amides is 2. The quantitative estimate of drug-likeness (QED) is 0.671. The van der Waals surface area contributed by atoms with E-state index in [0.717, 1.165) is 0 Å². The van der Waals surface area contributed by atoms with Gasteiger partial charge in [0.1, 0.15) is 11.8 Å². The number of anilines is 3. The van der Waals surface area contributed by atoms with Gasteiger partial charge in [0.15, 0.2) is 0 Å². The summed E-state index contributed by atoms with van der Waals surface area (Å²) in [5.74, 6) is -0.980. The predicted octanol–water partition coefficient (Wildman–Crippen LogP) is 3.81. The third-order valence-corrected chi connectivity index (χ3v) is 4.81. The minimum absolute atomic E-state index is 0.125. The largest absolute Gasteiger partial charge is 0.461 e. The van der Waals surface area contributed by atoms with E-state index < -0.39 is 17.4 Å². The van der Waals surface area contributed by atoms with Gasteiger partial charge < -0.3 is 15.4 Å². The normalized spacial score (nSPS) is 15.7. The summed E-state index contributed by atoms with van der Waals surface area (Å²) in [7, 11) is 0. The fraction of sp³-hybridized carbons (Fsp3) is 0.333. The molecule has 0 saturated carbocycles. The van der Waals surface area contributed by atoms with Gasteiger partial charge in [-0.05, 0) is 37.3 Å². The molecular weight excluding hydrogens is 408 g/mol. The lowest BCUT2D eigenvalue weighted by molar-refractivity contribution is -0.135. The molecule has 2 aromatic rings. The third-order valence-electron chi connectivity index (χ3n) is 4.81. The molecule has 0 fully saturated rings. The number of hydrogen-bond acceptors (Lipinski definition) is 6. The molecule has 0 spiro atoms. The van der Waals surface area contributed by atoms with E-state index in [1.165, 1.54) is 5.01 Å². The van der Waals surface area contributed by atoms with Crippen molar-refractivity contribution in [1.82, 2.24) is 0 Å². The summed E-state index contributed by atoms with van der Waals surface area (Å²) in [5, 5.41) is 11.6. The second kappa shape index (κ2) is 9.64. The van der Waals surface area contributed by atoms with Crippen molar-refractivity contribution in [3.63, 3.8) is 0 Å². The molecule has 0 radical (unpaired) electrons. The first-order valence-corrected chi connectivity index (χ1v) is 10.5. The van der Waals surface area contributed by atoms with Crippen LogP contribution in [0.15, 0.2) is 59.7 Å². The van der Waals surface area contributed by atoms with Crippen molar-refractivity contribution in [2.24, 2.45) is 10.5 Å². The summed E-state index contributed by atoms with van der Waals surface area (Å²) in [6.07, 6.45) is 0.125. The van der Waals surface area contributed by atoms with E-state index in [2.05, 4.69) is 15.7 Å². The van der Waals surface area contributed by atoms with Crippen LogP contribution >= 0.6 is 0 Å². The Morgan fingerprint density at radius 1 is 1.03 bits per heavy atom. The molecule has 32 heavy (non-hydrogen) atoms. The molecule has 1 aliphatic heterocycles. The van der Waals surface area contributed by atoms with Crippen molar-refractivity contribution < 1.29 is 19.1 Å². The maximum Gasteiger partial charge on any atom is 0.354 e. The molecule has 1 atom stereocenters. The van der Waals surface area contributed by atoms with Gasteiger partial charge in [-0.15, -0.1) is 0 Å². The van der Waals surface area contributed by atoms with Crippen LogP contribution in [0.5, 0.6) is 0 Å². The van der Waals surface area contributed by atoms with Gasteiger partial charge in [0, 0.05) is 23.2 Å². The average Bonchev–Trinajstić information content (AvgIpc) is 3.20. The summed E-state index contributed by atoms with van der Waals surface area (Å²) in [5.41, 5.74) is 1.46. The lowest BCUT2D eigenvalue weighted by Crippen LogP contribution is -2.38. The van der Waals surface area contributed by atoms with E-state index in [0.29, 0.717) is 17.1 Å². The Morgan fingerprint density at radius 2 is 1.69 bits per heavy atom. The first kappa shape index (κ1) is 23.0. The van der Waals surface area contributed by atoms with E-state index >= 15 is 0 Å². The molecule has 8 heteroatoms. The van der Waals surface area contributed by atoms with Crippen molar-refractivity contribution in [3.8, 4) is 0 Å². The van der Waals surface area contributed by atoms with Crippen LogP contribution in [0.25, 0.3) is 0 Å². The van der Waals surface area contributed by atoms with Crippen LogP contribution < -0.4 is 15.6 Å². The van der Waals surface area contributed by atoms with Gasteiger partial charge >= 0.3 is 5.97 Å². The van der Waals surface area contributed by atoms with Crippen LogP contribution in [0.2, 0.25) is 0 Å². The average molecular weight is 437 g/mol. The summed E-state index contributed by atoms with van der Waals surface area (Å²) < 4.78 is 5.07. The number of esters is 1. The molecule has 2 amide bonds. The van der Waals surface area contributed by atoms with Crippen LogP contribution in [0, 0.1) is 5.41 Å². The van der Waals surface area contributed by atoms with E-state index in [9.17, 15) is 14.4 Å². The Labute approximate surface area is 187 Å². The zero-order chi connectivity index (χ0) is 23.3. The number of hydrazone groups is 1. The van der Waals surface area contributed by atoms with Crippen molar-refractivity contribution in [1.29, 1.82) is 0 Å². The third kappa shape index (κ3) is 5.51. The van der Waals surface area contributed by atoms with Crippen molar-refractivity contribution in [3.05, 3.63) is 54.6 Å². The zero-order valence-electron chi connectivity index (χ0n) is 18.7. The van der Waals surface area contributed by atoms with Gasteiger partial charge in [-0.3, -0.25) is 14.6 Å². The minimum Gasteiger partial charge on any atom is -0.461 e. The highest BCUT2D eigenvalue weighted by Gasteiger charge is 2.37. The molecule has 2 N–H and O–H groups in total. The number of nitrogens with zero attached hydrogens (tertiary/aromatic N) is 2. The van der Waals surface area contributed by atoms with E-state index in [1.54, 1.807) is 31.2 Å². The Morgan fingerprint density at radius 3 is 2.31 bits per heavy atom. The lowest BCUT2D eigenvalue weighted by atomic mass is 9.95. The smallest absolute Gasteiger partial charge is 0.354 e. The highest BCUT2D eigenvalue weighted by atomic mass is 16.5. The van der Waals surface area contributed by atoms with Crippen molar-refractivity contribution in [2.75, 3.05) is 22.2 Å². The molecule has 2 aromatic carbocycles. The predicted molar refractivity (Wildman–Crippen MR) is 125 cm³/mol. The molecule has 0 bridgehead atoms. The summed E-state index contributed by atoms with van der Waals surface area (Å²) in [4.78, 5) is 37.6. The maximum absolute atomic E-state index is 13.2. The molecular formula is C24H28N4O4. The minimum atomic E-state index is -0.718. The number of carbonyl (C=O) groups is 3. The van der Waals surface area contributed by atoms with Gasteiger partial charge in [-0.1, -0.05) is 45.0 Å². The van der Waals surface area contributed by atoms with Gasteiger partial charge in [0.05, 0.1) is 12.3 Å². The number of carbonyl (C=O) groups excluding carboxylic acids is 3. The number of hydrogen-bond donors (Lipinski definition) is 2. The van der Waals surface area contributed by atoms with Crippen molar-refractivity contribution in [2.45, 2.75) is 40.2 Å². The lowest BCUT2D eigenvalue weighted by Gasteiger charge is -2.23. The van der Waals surface area contributed by atoms with E-state index in [1.807, 2.05) is 51.1 Å². The molecule has 0 aliphatic carbocycles. The Hall–Kier alpha value is -3.68. The summed E-state index contributed by atoms with van der Waals surface area (Å²) >= 11 is 0. The fourth-order valence-corrected chi connectivity index (χ4v) is 3.09. The van der Waals surface area contributed by atoms with Crippen LogP contribution in [0.3, 0.4) is 0 Å². The molecule has 1 unspecified atom stereocenters. The highest BCUT2D eigenvalue weighted by molar-refractivity contribution is 6.38. The summed E-state index contributed by atoms with van der Waals surface area (Å²) in [6.45, 7) is 7.43. The van der Waals surface area contributed by atoms with Crippen LogP contribution in [-0.4, -0.2) is 36.1 Å². The second-order valence-electron chi connectivity index (χ2n) is 8.44. The molecule has 8 nitrogen and oxygen atoms in total. The number of nitrogens with one attached hydrogen (secondary N) is 2. The van der Waals surface area contributed by atoms with Crippen LogP contribution in [-0.2, 0) is 19.1 Å². The van der Waals surface area contributed by atoms with E-state index in [-0.39, 0.29) is 30.6 Å². The number of benzene rings is 2. The Balaban J connectivity index is 1.78. The number of rotatable bonds is 6. The van der Waals surface area contributed by atoms with Gasteiger partial charge in [-0.2, -0.15) is 5.10 Å². The molecule has 168 valence electrons. The highest BCUT2D eigenvalue weighted by Crippen LogP contribution is 2.26. The number of ether oxygens (including phenoxy) is 1. The molecule has 0 saturated heterocycles. The van der Waals surface area contributed by atoms with E-state index in [4.69, 9.17) is 4.74 Å². The topological polar surface area (TPSA) is 100 Å². The number of para-hydroxylation sites is 1. The second-order valence-corrected chi connectivity index (χ2v) is 8.44. The van der Waals surface area contributed by atoms with Crippen molar-refractivity contribution >= 4 is 40.6 Å². The van der Waals surface area contributed by atoms with Gasteiger partial charge in [0.25, 0.3) is 0 Å². The molecule has 1 heterocycles. The Bertz CT molecular complexity index is 1030. The zero-order valence-corrected chi connectivity index (χ0v) is 18.7. The van der Waals surface area contributed by atoms with Crippen LogP contribution in [0.4, 0.5) is 17.1 Å². The summed E-state index contributed by atoms with van der Waals surface area (Å²) in [6, 6.07) is 15.4. The molecule has 3 rings (SSSR count). The molecule has 0 aromatic heterocycles. The first-order valence-electron chi connectivity index (χ1n) is 10.5. The Kier molecular flexibility index (Phi) is 6.92. The SMILES string of the molecule is CCOC(=O)C1=NN(c2ccccc2)C(C(=O)Nc2cccc(NC(=O)C(C)(C)C)c2)C1. The van der Waals surface area contributed by atoms with Gasteiger partial charge in [-0.25, -0.2) is 4.79 Å². The first-order chi connectivity index (χ1) is 15.2. The van der Waals surface area contributed by atoms with Crippen LogP contribution in [0.1, 0.15) is 34.1 Å². The maximum atomic E-state index is 13.2.